The third-order valence-electron chi connectivity index (χ3n) is 3.87. The number of pyridine rings is 1. The van der Waals surface area contributed by atoms with Gasteiger partial charge in [0.15, 0.2) is 5.65 Å². The van der Waals surface area contributed by atoms with E-state index in [1.54, 1.807) is 16.8 Å². The van der Waals surface area contributed by atoms with Crippen molar-refractivity contribution in [1.29, 1.82) is 0 Å². The van der Waals surface area contributed by atoms with Crippen molar-refractivity contribution in [2.24, 2.45) is 0 Å². The number of aryl methyl sites for hydroxylation is 1. The van der Waals surface area contributed by atoms with Gasteiger partial charge in [-0.2, -0.15) is 9.61 Å². The molecule has 6 heteroatoms. The highest BCUT2D eigenvalue weighted by atomic mass is 19.1. The Morgan fingerprint density at radius 2 is 2.04 bits per heavy atom. The molecule has 4 aromatic rings. The summed E-state index contributed by atoms with van der Waals surface area (Å²) in [5.74, 6) is 0.544. The summed E-state index contributed by atoms with van der Waals surface area (Å²) < 4.78 is 15.2. The molecule has 124 valence electrons. The standard InChI is InChI=1S/C19H16FN5/c1-13-8-18(22-12-14-4-3-7-21-11-14)25-19(23-13)10-17(24-25)15-5-2-6-16(20)9-15/h2-11,22H,12H2,1H3. The molecule has 5 nitrogen and oxygen atoms in total. The highest BCUT2D eigenvalue weighted by Gasteiger charge is 2.10. The van der Waals surface area contributed by atoms with Crippen LogP contribution in [0, 0.1) is 12.7 Å². The number of aromatic nitrogens is 4. The summed E-state index contributed by atoms with van der Waals surface area (Å²) in [6.45, 7) is 2.56. The van der Waals surface area contributed by atoms with Crippen molar-refractivity contribution in [1.82, 2.24) is 19.6 Å². The van der Waals surface area contributed by atoms with Gasteiger partial charge in [0.2, 0.25) is 0 Å². The van der Waals surface area contributed by atoms with Crippen LogP contribution in [0.4, 0.5) is 10.2 Å². The molecule has 0 aliphatic heterocycles. The quantitative estimate of drug-likeness (QED) is 0.616. The first-order valence-corrected chi connectivity index (χ1v) is 7.95. The van der Waals surface area contributed by atoms with Crippen molar-refractivity contribution in [2.75, 3.05) is 5.32 Å². The number of nitrogens with zero attached hydrogens (tertiary/aromatic N) is 4. The molecule has 25 heavy (non-hydrogen) atoms. The molecule has 1 aromatic carbocycles. The molecule has 0 bridgehead atoms. The second-order valence-corrected chi connectivity index (χ2v) is 5.81. The normalized spacial score (nSPS) is 11.0. The molecule has 4 rings (SSSR count). The summed E-state index contributed by atoms with van der Waals surface area (Å²) in [5, 5.41) is 7.95. The van der Waals surface area contributed by atoms with Gasteiger partial charge in [-0.3, -0.25) is 4.98 Å². The third-order valence-corrected chi connectivity index (χ3v) is 3.87. The van der Waals surface area contributed by atoms with Crippen LogP contribution in [0.3, 0.4) is 0 Å². The molecule has 1 N–H and O–H groups in total. The summed E-state index contributed by atoms with van der Waals surface area (Å²) in [4.78, 5) is 8.63. The van der Waals surface area contributed by atoms with Gasteiger partial charge >= 0.3 is 0 Å². The van der Waals surface area contributed by atoms with Crippen LogP contribution < -0.4 is 5.32 Å². The zero-order valence-electron chi connectivity index (χ0n) is 13.6. The Kier molecular flexibility index (Phi) is 3.85. The molecular weight excluding hydrogens is 317 g/mol. The van der Waals surface area contributed by atoms with Crippen LogP contribution in [-0.4, -0.2) is 19.6 Å². The summed E-state index contributed by atoms with van der Waals surface area (Å²) in [6, 6.07) is 14.1. The average Bonchev–Trinajstić information content (AvgIpc) is 3.04. The molecule has 0 amide bonds. The minimum absolute atomic E-state index is 0.284. The van der Waals surface area contributed by atoms with Crippen LogP contribution >= 0.6 is 0 Å². The maximum Gasteiger partial charge on any atom is 0.158 e. The monoisotopic (exact) mass is 333 g/mol. The van der Waals surface area contributed by atoms with Gasteiger partial charge in [-0.1, -0.05) is 18.2 Å². The van der Waals surface area contributed by atoms with E-state index >= 15 is 0 Å². The highest BCUT2D eigenvalue weighted by molar-refractivity contribution is 5.65. The summed E-state index contributed by atoms with van der Waals surface area (Å²) in [6.07, 6.45) is 3.57. The number of nitrogens with one attached hydrogen (secondary N) is 1. The Labute approximate surface area is 144 Å². The molecule has 0 fully saturated rings. The Hall–Kier alpha value is -3.28. The van der Waals surface area contributed by atoms with Crippen LogP contribution in [0.5, 0.6) is 0 Å². The first-order valence-electron chi connectivity index (χ1n) is 7.95. The van der Waals surface area contributed by atoms with Crippen LogP contribution in [0.25, 0.3) is 16.9 Å². The van der Waals surface area contributed by atoms with Gasteiger partial charge in [-0.25, -0.2) is 9.37 Å². The lowest BCUT2D eigenvalue weighted by atomic mass is 10.1. The number of fused-ring (bicyclic) bond motifs is 1. The molecule has 0 saturated carbocycles. The molecule has 0 saturated heterocycles. The van der Waals surface area contributed by atoms with Gasteiger partial charge in [0.1, 0.15) is 11.6 Å². The van der Waals surface area contributed by atoms with Crippen molar-refractivity contribution in [3.63, 3.8) is 0 Å². The smallest absolute Gasteiger partial charge is 0.158 e. The van der Waals surface area contributed by atoms with Gasteiger partial charge < -0.3 is 5.32 Å². The fraction of sp³-hybridized carbons (Fsp3) is 0.105. The van der Waals surface area contributed by atoms with Gasteiger partial charge in [0, 0.05) is 42.3 Å². The van der Waals surface area contributed by atoms with E-state index in [9.17, 15) is 4.39 Å². The van der Waals surface area contributed by atoms with Crippen LogP contribution in [0.15, 0.2) is 60.9 Å². The van der Waals surface area contributed by atoms with E-state index < -0.39 is 0 Å². The second-order valence-electron chi connectivity index (χ2n) is 5.81. The van der Waals surface area contributed by atoms with E-state index in [1.807, 2.05) is 43.5 Å². The summed E-state index contributed by atoms with van der Waals surface area (Å²) >= 11 is 0. The van der Waals surface area contributed by atoms with E-state index in [0.29, 0.717) is 17.9 Å². The lowest BCUT2D eigenvalue weighted by Gasteiger charge is -2.09. The highest BCUT2D eigenvalue weighted by Crippen LogP contribution is 2.22. The number of benzene rings is 1. The molecule has 0 aliphatic rings. The van der Waals surface area contributed by atoms with E-state index in [2.05, 4.69) is 20.4 Å². The maximum atomic E-state index is 13.5. The Morgan fingerprint density at radius 3 is 2.84 bits per heavy atom. The fourth-order valence-electron chi connectivity index (χ4n) is 2.71. The Morgan fingerprint density at radius 1 is 1.12 bits per heavy atom. The first-order chi connectivity index (χ1) is 12.2. The van der Waals surface area contributed by atoms with Crippen molar-refractivity contribution in [3.05, 3.63) is 78.0 Å². The van der Waals surface area contributed by atoms with Crippen LogP contribution in [0.1, 0.15) is 11.3 Å². The lowest BCUT2D eigenvalue weighted by molar-refractivity contribution is 0.628. The lowest BCUT2D eigenvalue weighted by Crippen LogP contribution is -2.06. The van der Waals surface area contributed by atoms with Crippen molar-refractivity contribution < 1.29 is 4.39 Å². The number of anilines is 1. The van der Waals surface area contributed by atoms with Crippen molar-refractivity contribution >= 4 is 11.5 Å². The molecular formula is C19H16FN5. The van der Waals surface area contributed by atoms with Crippen LogP contribution in [0.2, 0.25) is 0 Å². The largest absolute Gasteiger partial charge is 0.366 e. The first kappa shape index (κ1) is 15.3. The summed E-state index contributed by atoms with van der Waals surface area (Å²) in [5.41, 5.74) is 4.07. The second kappa shape index (κ2) is 6.32. The molecule has 0 unspecified atom stereocenters. The SMILES string of the molecule is Cc1cc(NCc2cccnc2)n2nc(-c3cccc(F)c3)cc2n1. The molecule has 3 heterocycles. The fourth-order valence-corrected chi connectivity index (χ4v) is 2.71. The number of halogens is 1. The topological polar surface area (TPSA) is 55.1 Å². The van der Waals surface area contributed by atoms with Crippen molar-refractivity contribution in [2.45, 2.75) is 13.5 Å². The maximum absolute atomic E-state index is 13.5. The average molecular weight is 333 g/mol. The van der Waals surface area contributed by atoms with E-state index in [-0.39, 0.29) is 5.82 Å². The zero-order chi connectivity index (χ0) is 17.2. The zero-order valence-corrected chi connectivity index (χ0v) is 13.6. The molecule has 3 aromatic heterocycles. The number of hydrogen-bond acceptors (Lipinski definition) is 4. The van der Waals surface area contributed by atoms with E-state index in [4.69, 9.17) is 0 Å². The molecule has 0 spiro atoms. The Balaban J connectivity index is 1.71. The third kappa shape index (κ3) is 3.19. The van der Waals surface area contributed by atoms with Gasteiger partial charge in [-0.05, 0) is 30.7 Å². The van der Waals surface area contributed by atoms with E-state index in [0.717, 1.165) is 22.6 Å². The molecule has 0 aliphatic carbocycles. The summed E-state index contributed by atoms with van der Waals surface area (Å²) in [7, 11) is 0. The number of hydrogen-bond donors (Lipinski definition) is 1. The number of rotatable bonds is 4. The van der Waals surface area contributed by atoms with Gasteiger partial charge in [-0.15, -0.1) is 0 Å². The molecule has 0 radical (unpaired) electrons. The minimum atomic E-state index is -0.284. The minimum Gasteiger partial charge on any atom is -0.366 e. The van der Waals surface area contributed by atoms with Crippen LogP contribution in [-0.2, 0) is 6.54 Å². The molecule has 0 atom stereocenters. The predicted molar refractivity (Wildman–Crippen MR) is 94.7 cm³/mol. The predicted octanol–water partition coefficient (Wildman–Crippen LogP) is 3.85. The van der Waals surface area contributed by atoms with Gasteiger partial charge in [0.25, 0.3) is 0 Å². The van der Waals surface area contributed by atoms with Gasteiger partial charge in [0.05, 0.1) is 5.69 Å². The van der Waals surface area contributed by atoms with E-state index in [1.165, 1.54) is 12.1 Å². The van der Waals surface area contributed by atoms with Crippen molar-refractivity contribution in [3.8, 4) is 11.3 Å². The Bertz CT molecular complexity index is 1030.